The summed E-state index contributed by atoms with van der Waals surface area (Å²) in [6, 6.07) is 6.75. The van der Waals surface area contributed by atoms with Gasteiger partial charge in [0.25, 0.3) is 0 Å². The monoisotopic (exact) mass is 310 g/mol. The maximum atomic E-state index is 12.3. The summed E-state index contributed by atoms with van der Waals surface area (Å²) < 4.78 is 24.7. The lowest BCUT2D eigenvalue weighted by Gasteiger charge is -2.03. The number of hydrogen-bond donors (Lipinski definition) is 1. The molecule has 1 unspecified atom stereocenters. The molecule has 0 saturated heterocycles. The van der Waals surface area contributed by atoms with Gasteiger partial charge in [-0.25, -0.2) is 13.4 Å². The molecule has 2 N–H and O–H groups in total. The summed E-state index contributed by atoms with van der Waals surface area (Å²) in [5.41, 5.74) is 7.69. The highest BCUT2D eigenvalue weighted by atomic mass is 32.2. The van der Waals surface area contributed by atoms with Crippen LogP contribution in [0, 0.1) is 13.8 Å². The van der Waals surface area contributed by atoms with E-state index in [2.05, 4.69) is 4.98 Å². The second kappa shape index (κ2) is 5.63. The van der Waals surface area contributed by atoms with Gasteiger partial charge in [0.1, 0.15) is 10.8 Å². The van der Waals surface area contributed by atoms with Crippen molar-refractivity contribution in [2.75, 3.05) is 0 Å². The predicted octanol–water partition coefficient (Wildman–Crippen LogP) is 2.75. The van der Waals surface area contributed by atoms with Gasteiger partial charge in [-0.05, 0) is 32.9 Å². The smallest absolute Gasteiger partial charge is 0.184 e. The Bertz CT molecular complexity index is 701. The Labute approximate surface area is 123 Å². The van der Waals surface area contributed by atoms with Gasteiger partial charge in [-0.3, -0.25) is 0 Å². The Morgan fingerprint density at radius 3 is 2.35 bits per heavy atom. The minimum atomic E-state index is -3.35. The third-order valence-corrected chi connectivity index (χ3v) is 6.17. The van der Waals surface area contributed by atoms with E-state index >= 15 is 0 Å². The molecule has 2 rings (SSSR count). The normalized spacial score (nSPS) is 13.4. The maximum absolute atomic E-state index is 12.3. The summed E-state index contributed by atoms with van der Waals surface area (Å²) in [6.45, 7) is 5.66. The van der Waals surface area contributed by atoms with E-state index in [4.69, 9.17) is 5.73 Å². The van der Waals surface area contributed by atoms with Gasteiger partial charge in [0.2, 0.25) is 0 Å². The number of thiazole rings is 1. The fraction of sp³-hybridized carbons (Fsp3) is 0.357. The van der Waals surface area contributed by atoms with Crippen LogP contribution in [0.3, 0.4) is 0 Å². The molecule has 1 aromatic carbocycles. The zero-order valence-corrected chi connectivity index (χ0v) is 13.4. The standard InChI is InChI=1S/C14H18N2O2S2/c1-9-4-6-12(7-5-9)20(17,18)8-13-16-11(3)14(19-13)10(2)15/h4-7,10H,8,15H2,1-3H3. The van der Waals surface area contributed by atoms with Crippen LogP contribution in [-0.4, -0.2) is 13.4 Å². The molecule has 0 amide bonds. The summed E-state index contributed by atoms with van der Waals surface area (Å²) in [6.07, 6.45) is 0. The summed E-state index contributed by atoms with van der Waals surface area (Å²) in [4.78, 5) is 5.59. The van der Waals surface area contributed by atoms with Gasteiger partial charge in [-0.2, -0.15) is 0 Å². The molecule has 0 spiro atoms. The van der Waals surface area contributed by atoms with Crippen LogP contribution in [0.4, 0.5) is 0 Å². The molecule has 1 aromatic heterocycles. The van der Waals surface area contributed by atoms with Gasteiger partial charge >= 0.3 is 0 Å². The number of rotatable bonds is 4. The molecule has 20 heavy (non-hydrogen) atoms. The second-order valence-electron chi connectivity index (χ2n) is 4.92. The van der Waals surface area contributed by atoms with Crippen LogP contribution in [0.15, 0.2) is 29.2 Å². The summed E-state index contributed by atoms with van der Waals surface area (Å²) in [7, 11) is -3.35. The SMILES string of the molecule is Cc1ccc(S(=O)(=O)Cc2nc(C)c(C(C)N)s2)cc1. The van der Waals surface area contributed by atoms with Gasteiger partial charge in [0.15, 0.2) is 9.84 Å². The average molecular weight is 310 g/mol. The van der Waals surface area contributed by atoms with Crippen molar-refractivity contribution in [3.05, 3.63) is 45.4 Å². The molecule has 6 heteroatoms. The summed E-state index contributed by atoms with van der Waals surface area (Å²) >= 11 is 1.38. The Balaban J connectivity index is 2.29. The van der Waals surface area contributed by atoms with Crippen molar-refractivity contribution in [2.24, 2.45) is 5.73 Å². The Kier molecular flexibility index (Phi) is 4.27. The van der Waals surface area contributed by atoms with Gasteiger partial charge < -0.3 is 5.73 Å². The largest absolute Gasteiger partial charge is 0.323 e. The van der Waals surface area contributed by atoms with Crippen molar-refractivity contribution in [3.8, 4) is 0 Å². The first-order valence-corrected chi connectivity index (χ1v) is 8.77. The third kappa shape index (κ3) is 3.26. The van der Waals surface area contributed by atoms with Crippen LogP contribution in [0.2, 0.25) is 0 Å². The first kappa shape index (κ1) is 15.2. The van der Waals surface area contributed by atoms with Crippen LogP contribution >= 0.6 is 11.3 Å². The van der Waals surface area contributed by atoms with E-state index in [1.807, 2.05) is 20.8 Å². The molecule has 108 valence electrons. The average Bonchev–Trinajstić information content (AvgIpc) is 2.70. The van der Waals surface area contributed by atoms with Crippen LogP contribution in [0.1, 0.15) is 34.1 Å². The van der Waals surface area contributed by atoms with E-state index < -0.39 is 9.84 Å². The molecule has 4 nitrogen and oxygen atoms in total. The van der Waals surface area contributed by atoms with Crippen molar-refractivity contribution in [1.82, 2.24) is 4.98 Å². The summed E-state index contributed by atoms with van der Waals surface area (Å²) in [5.74, 6) is -0.0751. The zero-order valence-electron chi connectivity index (χ0n) is 11.8. The van der Waals surface area contributed by atoms with Crippen LogP contribution in [0.5, 0.6) is 0 Å². The fourth-order valence-corrected chi connectivity index (χ4v) is 4.57. The fourth-order valence-electron chi connectivity index (χ4n) is 1.94. The second-order valence-corrected chi connectivity index (χ2v) is 8.02. The predicted molar refractivity (Wildman–Crippen MR) is 81.5 cm³/mol. The zero-order chi connectivity index (χ0) is 14.9. The molecule has 0 aliphatic heterocycles. The van der Waals surface area contributed by atoms with Crippen LogP contribution < -0.4 is 5.73 Å². The Hall–Kier alpha value is -1.24. The van der Waals surface area contributed by atoms with Gasteiger partial charge in [-0.1, -0.05) is 17.7 Å². The molecule has 0 radical (unpaired) electrons. The van der Waals surface area contributed by atoms with Crippen LogP contribution in [0.25, 0.3) is 0 Å². The number of aryl methyl sites for hydroxylation is 2. The van der Waals surface area contributed by atoms with E-state index in [0.29, 0.717) is 9.90 Å². The van der Waals surface area contributed by atoms with Crippen molar-refractivity contribution in [3.63, 3.8) is 0 Å². The highest BCUT2D eigenvalue weighted by molar-refractivity contribution is 7.90. The molecule has 0 aliphatic rings. The van der Waals surface area contributed by atoms with Crippen molar-refractivity contribution < 1.29 is 8.42 Å². The molecule has 1 heterocycles. The van der Waals surface area contributed by atoms with E-state index in [9.17, 15) is 8.42 Å². The lowest BCUT2D eigenvalue weighted by Crippen LogP contribution is -2.04. The Morgan fingerprint density at radius 2 is 1.85 bits per heavy atom. The number of hydrogen-bond acceptors (Lipinski definition) is 5. The van der Waals surface area contributed by atoms with Gasteiger partial charge in [-0.15, -0.1) is 11.3 Å². The minimum absolute atomic E-state index is 0.0751. The molecule has 0 aliphatic carbocycles. The number of sulfone groups is 1. The first-order chi connectivity index (χ1) is 9.29. The minimum Gasteiger partial charge on any atom is -0.323 e. The highest BCUT2D eigenvalue weighted by Crippen LogP contribution is 2.26. The number of nitrogens with zero attached hydrogens (tertiary/aromatic N) is 1. The molecule has 0 saturated carbocycles. The summed E-state index contributed by atoms with van der Waals surface area (Å²) in [5, 5.41) is 0.593. The number of benzene rings is 1. The molecule has 2 aromatic rings. The molecular weight excluding hydrogens is 292 g/mol. The highest BCUT2D eigenvalue weighted by Gasteiger charge is 2.19. The van der Waals surface area contributed by atoms with E-state index in [0.717, 1.165) is 16.1 Å². The molecule has 0 bridgehead atoms. The molecule has 1 atom stereocenters. The van der Waals surface area contributed by atoms with Crippen LogP contribution in [-0.2, 0) is 15.6 Å². The number of nitrogens with two attached hydrogens (primary N) is 1. The van der Waals surface area contributed by atoms with Crippen molar-refractivity contribution >= 4 is 21.2 Å². The topological polar surface area (TPSA) is 73.0 Å². The van der Waals surface area contributed by atoms with E-state index in [-0.39, 0.29) is 11.8 Å². The lowest BCUT2D eigenvalue weighted by molar-refractivity contribution is 0.595. The van der Waals surface area contributed by atoms with Crippen molar-refractivity contribution in [2.45, 2.75) is 37.5 Å². The maximum Gasteiger partial charge on any atom is 0.184 e. The van der Waals surface area contributed by atoms with Gasteiger partial charge in [0.05, 0.1) is 10.6 Å². The lowest BCUT2D eigenvalue weighted by atomic mass is 10.2. The quantitative estimate of drug-likeness (QED) is 0.942. The number of aromatic nitrogens is 1. The third-order valence-electron chi connectivity index (χ3n) is 2.98. The Morgan fingerprint density at radius 1 is 1.25 bits per heavy atom. The van der Waals surface area contributed by atoms with Crippen molar-refractivity contribution in [1.29, 1.82) is 0 Å². The van der Waals surface area contributed by atoms with E-state index in [1.165, 1.54) is 11.3 Å². The first-order valence-electron chi connectivity index (χ1n) is 6.31. The molecule has 0 fully saturated rings. The van der Waals surface area contributed by atoms with Gasteiger partial charge in [0, 0.05) is 10.9 Å². The van der Waals surface area contributed by atoms with E-state index in [1.54, 1.807) is 24.3 Å². The molecular formula is C14H18N2O2S2.